The molecule has 4 aromatic rings. The summed E-state index contributed by atoms with van der Waals surface area (Å²) < 4.78 is 0. The number of rotatable bonds is 10. The van der Waals surface area contributed by atoms with Gasteiger partial charge in [0.1, 0.15) is 22.0 Å². The van der Waals surface area contributed by atoms with Crippen molar-refractivity contribution in [1.29, 1.82) is 0 Å². The summed E-state index contributed by atoms with van der Waals surface area (Å²) in [5.74, 6) is 2.54. The minimum atomic E-state index is -0.449. The van der Waals surface area contributed by atoms with E-state index in [1.807, 2.05) is 45.9 Å². The average molecular weight is 831 g/mol. The van der Waals surface area contributed by atoms with Gasteiger partial charge in [-0.1, -0.05) is 256 Å². The number of aldehydes is 1. The Balaban J connectivity index is 0.000000976. The maximum atomic E-state index is 12.3. The van der Waals surface area contributed by atoms with Crippen LogP contribution in [0.4, 0.5) is 0 Å². The Morgan fingerprint density at radius 1 is 0.597 bits per heavy atom. The lowest BCUT2D eigenvalue weighted by molar-refractivity contribution is -0.118. The number of hydrogen-bond donors (Lipinski definition) is 0. The summed E-state index contributed by atoms with van der Waals surface area (Å²) >= 11 is 0. The normalized spacial score (nSPS) is 22.3. The van der Waals surface area contributed by atoms with Crippen molar-refractivity contribution in [2.45, 2.75) is 159 Å². The van der Waals surface area contributed by atoms with Gasteiger partial charge in [0.15, 0.2) is 0 Å². The van der Waals surface area contributed by atoms with Crippen molar-refractivity contribution in [3.63, 3.8) is 0 Å². The van der Waals surface area contributed by atoms with Gasteiger partial charge in [-0.15, -0.1) is 0 Å². The number of carbonyl (C=O) groups is 1. The minimum absolute atomic E-state index is 0.0545. The molecular weight excluding hydrogens is 746 g/mol. The topological polar surface area (TPSA) is 17.1 Å². The Hall–Kier alpha value is -4.10. The SMILES string of the molecule is CC.CC.CC(C)C.CC(C)C(C)C.CCC.[B]/C(C=CC1(C)CC(C=O)(c2ccc(-c3ccc(-c4ccc(C5(C)CC(C)(c6ccc([B])cc6)C5)cc4)cc3)cc2)C1)=C/C=C. The second-order valence-electron chi connectivity index (χ2n) is 19.3. The van der Waals surface area contributed by atoms with Crippen LogP contribution in [0.15, 0.2) is 133 Å². The maximum absolute atomic E-state index is 12.3. The van der Waals surface area contributed by atoms with E-state index in [0.29, 0.717) is 5.47 Å². The van der Waals surface area contributed by atoms with E-state index in [1.54, 1.807) is 12.2 Å². The fraction of sp³-hybridized carbons (Fsp3) is 0.475. The smallest absolute Gasteiger partial charge is 0.130 e. The van der Waals surface area contributed by atoms with E-state index < -0.39 is 5.41 Å². The molecule has 2 aliphatic carbocycles. The van der Waals surface area contributed by atoms with Crippen LogP contribution >= 0.6 is 0 Å². The van der Waals surface area contributed by atoms with Gasteiger partial charge in [-0.25, -0.2) is 0 Å². The van der Waals surface area contributed by atoms with Crippen LogP contribution in [0.25, 0.3) is 22.3 Å². The van der Waals surface area contributed by atoms with Crippen LogP contribution in [-0.2, 0) is 21.0 Å². The molecule has 4 aromatic carbocycles. The van der Waals surface area contributed by atoms with Gasteiger partial charge >= 0.3 is 0 Å². The maximum Gasteiger partial charge on any atom is 0.130 e. The highest BCUT2D eigenvalue weighted by atomic mass is 16.1. The molecule has 6 rings (SSSR count). The first-order valence-electron chi connectivity index (χ1n) is 23.7. The van der Waals surface area contributed by atoms with Crippen LogP contribution in [0.2, 0.25) is 0 Å². The van der Waals surface area contributed by atoms with Crippen LogP contribution in [-0.4, -0.2) is 22.0 Å². The quantitative estimate of drug-likeness (QED) is 0.0884. The van der Waals surface area contributed by atoms with Gasteiger partial charge < -0.3 is 4.79 Å². The fourth-order valence-electron chi connectivity index (χ4n) is 8.23. The summed E-state index contributed by atoms with van der Waals surface area (Å²) in [7, 11) is 11.9. The molecule has 4 radical (unpaired) electrons. The third kappa shape index (κ3) is 16.2. The highest BCUT2D eigenvalue weighted by Crippen LogP contribution is 2.57. The molecule has 0 bridgehead atoms. The van der Waals surface area contributed by atoms with Crippen molar-refractivity contribution < 1.29 is 4.79 Å². The molecule has 62 heavy (non-hydrogen) atoms. The Morgan fingerprint density at radius 2 is 0.903 bits per heavy atom. The minimum Gasteiger partial charge on any atom is -0.302 e. The Kier molecular flexibility index (Phi) is 23.9. The zero-order chi connectivity index (χ0) is 47.3. The standard InChI is InChI=1S/C42H40B2O.C6H14.C4H10.C3H8.2C2H6/c1-5-6-37(43)23-24-39(2)25-42(26-39,29-45)36-17-13-33(14-18-36)31-9-7-30(8-10-31)32-11-15-34(16-12-32)40(3)27-41(4,28-40)35-19-21-38(44)22-20-35;1-5(2)6(3)4;1-4(2)3;1-3-2;2*1-2/h5-24,29H,1,25-28H2,2-4H3;5-6H,1-4H3;4H,1-3H3;3H2,1-2H3;2*1-2H3/b24-23?,37-6+;;;;;. The van der Waals surface area contributed by atoms with Gasteiger partial charge in [0.05, 0.1) is 5.41 Å². The van der Waals surface area contributed by atoms with Crippen molar-refractivity contribution in [2.75, 3.05) is 0 Å². The summed E-state index contributed by atoms with van der Waals surface area (Å²) in [5.41, 5.74) is 9.95. The van der Waals surface area contributed by atoms with Gasteiger partial charge in [-0.05, 0) is 98.6 Å². The lowest BCUT2D eigenvalue weighted by Gasteiger charge is -2.54. The third-order valence-electron chi connectivity index (χ3n) is 11.7. The molecule has 0 aliphatic heterocycles. The van der Waals surface area contributed by atoms with Crippen molar-refractivity contribution in [2.24, 2.45) is 23.2 Å². The lowest BCUT2D eigenvalue weighted by Crippen LogP contribution is -2.49. The van der Waals surface area contributed by atoms with Gasteiger partial charge in [-0.3, -0.25) is 0 Å². The van der Waals surface area contributed by atoms with Crippen LogP contribution in [0.3, 0.4) is 0 Å². The highest BCUT2D eigenvalue weighted by Gasteiger charge is 2.52. The first-order valence-corrected chi connectivity index (χ1v) is 23.7. The van der Waals surface area contributed by atoms with Gasteiger partial charge in [0.2, 0.25) is 0 Å². The predicted octanol–water partition coefficient (Wildman–Crippen LogP) is 16.3. The number of benzene rings is 4. The number of hydrogen-bond acceptors (Lipinski definition) is 1. The molecule has 0 spiro atoms. The first kappa shape index (κ1) is 55.9. The molecule has 0 saturated heterocycles. The summed E-state index contributed by atoms with van der Waals surface area (Å²) in [6, 6.07) is 34.8. The summed E-state index contributed by atoms with van der Waals surface area (Å²) in [6.45, 7) is 38.3. The van der Waals surface area contributed by atoms with Crippen LogP contribution < -0.4 is 5.46 Å². The molecule has 0 N–H and O–H groups in total. The van der Waals surface area contributed by atoms with Crippen LogP contribution in [0.1, 0.15) is 160 Å². The van der Waals surface area contributed by atoms with E-state index in [0.717, 1.165) is 71.9 Å². The molecule has 0 unspecified atom stereocenters. The van der Waals surface area contributed by atoms with E-state index >= 15 is 0 Å². The summed E-state index contributed by atoms with van der Waals surface area (Å²) in [6.07, 6.45) is 13.7. The first-order chi connectivity index (χ1) is 29.3. The molecule has 3 heteroatoms. The molecule has 2 fully saturated rings. The van der Waals surface area contributed by atoms with Crippen molar-refractivity contribution >= 4 is 27.4 Å². The van der Waals surface area contributed by atoms with Crippen LogP contribution in [0, 0.1) is 23.2 Å². The second-order valence-corrected chi connectivity index (χ2v) is 19.3. The van der Waals surface area contributed by atoms with Gasteiger partial charge in [0.25, 0.3) is 0 Å². The van der Waals surface area contributed by atoms with E-state index in [2.05, 4.69) is 181 Å². The zero-order valence-electron chi connectivity index (χ0n) is 42.2. The Bertz CT molecular complexity index is 1900. The Labute approximate surface area is 385 Å². The van der Waals surface area contributed by atoms with E-state index in [1.165, 1.54) is 28.7 Å². The number of carbonyl (C=O) groups excluding carboxylic acids is 1. The van der Waals surface area contributed by atoms with Crippen molar-refractivity contribution in [1.82, 2.24) is 0 Å². The van der Waals surface area contributed by atoms with Crippen molar-refractivity contribution in [3.05, 3.63) is 150 Å². The molecule has 1 nitrogen and oxygen atoms in total. The molecule has 0 amide bonds. The molecule has 0 atom stereocenters. The number of allylic oxidation sites excluding steroid dienone is 5. The molecular formula is C59H84B2O. The van der Waals surface area contributed by atoms with E-state index in [9.17, 15) is 4.79 Å². The fourth-order valence-corrected chi connectivity index (χ4v) is 8.23. The monoisotopic (exact) mass is 831 g/mol. The van der Waals surface area contributed by atoms with E-state index in [-0.39, 0.29) is 16.2 Å². The molecule has 2 aliphatic rings. The lowest BCUT2D eigenvalue weighted by atomic mass is 9.50. The largest absolute Gasteiger partial charge is 0.302 e. The highest BCUT2D eigenvalue weighted by molar-refractivity contribution is 6.32. The van der Waals surface area contributed by atoms with Crippen molar-refractivity contribution in [3.8, 4) is 22.3 Å². The van der Waals surface area contributed by atoms with Gasteiger partial charge in [-0.2, -0.15) is 0 Å². The molecule has 0 aromatic heterocycles. The summed E-state index contributed by atoms with van der Waals surface area (Å²) in [5, 5.41) is 0. The average Bonchev–Trinajstić information content (AvgIpc) is 3.23. The third-order valence-corrected chi connectivity index (χ3v) is 11.7. The second kappa shape index (κ2) is 26.5. The molecule has 332 valence electrons. The molecule has 2 saturated carbocycles. The zero-order valence-corrected chi connectivity index (χ0v) is 42.2. The van der Waals surface area contributed by atoms with Gasteiger partial charge in [0, 0.05) is 0 Å². The van der Waals surface area contributed by atoms with Crippen LogP contribution in [0.5, 0.6) is 0 Å². The molecule has 0 heterocycles. The Morgan fingerprint density at radius 3 is 1.21 bits per heavy atom. The predicted molar refractivity (Wildman–Crippen MR) is 280 cm³/mol. The van der Waals surface area contributed by atoms with E-state index in [4.69, 9.17) is 15.7 Å². The summed E-state index contributed by atoms with van der Waals surface area (Å²) in [4.78, 5) is 12.3.